The molecule has 3 nitrogen and oxygen atoms in total. The van der Waals surface area contributed by atoms with Gasteiger partial charge in [-0.3, -0.25) is 4.79 Å². The molecule has 0 radical (unpaired) electrons. The van der Waals surface area contributed by atoms with E-state index in [1.165, 1.54) is 12.1 Å². The van der Waals surface area contributed by atoms with Gasteiger partial charge in [-0.15, -0.1) is 0 Å². The molecule has 1 aromatic rings. The molecule has 0 saturated heterocycles. The van der Waals surface area contributed by atoms with Crippen molar-refractivity contribution in [2.75, 3.05) is 0 Å². The quantitative estimate of drug-likeness (QED) is 0.795. The van der Waals surface area contributed by atoms with Crippen molar-refractivity contribution in [1.29, 1.82) is 0 Å². The predicted octanol–water partition coefficient (Wildman–Crippen LogP) is 4.02. The van der Waals surface area contributed by atoms with Gasteiger partial charge in [0, 0.05) is 16.0 Å². The first-order valence-electron chi connectivity index (χ1n) is 6.36. The molecule has 4 unspecified atom stereocenters. The van der Waals surface area contributed by atoms with Crippen LogP contribution in [0, 0.1) is 23.6 Å². The fourth-order valence-electron chi connectivity index (χ4n) is 2.96. The largest absolute Gasteiger partial charge is 0.481 e. The summed E-state index contributed by atoms with van der Waals surface area (Å²) in [5, 5.41) is 19.9. The molecular formula is C14H15BrClFO3. The van der Waals surface area contributed by atoms with Crippen LogP contribution >= 0.6 is 27.5 Å². The summed E-state index contributed by atoms with van der Waals surface area (Å²) in [6.07, 6.45) is -0.0968. The first-order valence-corrected chi connectivity index (χ1v) is 7.53. The van der Waals surface area contributed by atoms with E-state index in [2.05, 4.69) is 15.9 Å². The Morgan fingerprint density at radius 2 is 2.15 bits per heavy atom. The zero-order chi connectivity index (χ0) is 15.0. The number of aliphatic carboxylic acids is 1. The maximum atomic E-state index is 14.0. The molecule has 6 heteroatoms. The first-order chi connectivity index (χ1) is 9.31. The van der Waals surface area contributed by atoms with Gasteiger partial charge in [-0.05, 0) is 46.8 Å². The first kappa shape index (κ1) is 15.7. The second-order valence-electron chi connectivity index (χ2n) is 5.42. The minimum Gasteiger partial charge on any atom is -0.481 e. The maximum Gasteiger partial charge on any atom is 0.306 e. The van der Waals surface area contributed by atoms with Crippen molar-refractivity contribution in [2.24, 2.45) is 17.8 Å². The molecule has 1 aliphatic rings. The van der Waals surface area contributed by atoms with E-state index in [1.807, 2.05) is 6.92 Å². The van der Waals surface area contributed by atoms with E-state index in [4.69, 9.17) is 11.6 Å². The third kappa shape index (κ3) is 3.00. The molecule has 4 atom stereocenters. The van der Waals surface area contributed by atoms with Crippen LogP contribution in [0.3, 0.4) is 0 Å². The highest BCUT2D eigenvalue weighted by Crippen LogP contribution is 2.44. The van der Waals surface area contributed by atoms with E-state index in [9.17, 15) is 19.4 Å². The van der Waals surface area contributed by atoms with Gasteiger partial charge >= 0.3 is 5.97 Å². The number of carboxylic acids is 1. The number of benzene rings is 1. The minimum atomic E-state index is -1.16. The lowest BCUT2D eigenvalue weighted by Gasteiger charge is -2.23. The molecule has 1 aromatic carbocycles. The molecule has 1 saturated carbocycles. The Morgan fingerprint density at radius 3 is 2.75 bits per heavy atom. The number of hydrogen-bond donors (Lipinski definition) is 2. The molecule has 1 aliphatic carbocycles. The molecule has 2 N–H and O–H groups in total. The van der Waals surface area contributed by atoms with Crippen molar-refractivity contribution in [1.82, 2.24) is 0 Å². The number of carbonyl (C=O) groups is 1. The van der Waals surface area contributed by atoms with Crippen LogP contribution in [0.25, 0.3) is 0 Å². The highest BCUT2D eigenvalue weighted by molar-refractivity contribution is 9.10. The lowest BCUT2D eigenvalue weighted by atomic mass is 9.87. The van der Waals surface area contributed by atoms with Gasteiger partial charge in [0.1, 0.15) is 5.82 Å². The standard InChI is InChI=1S/C14H15BrClFO3/c1-6-2-7(8(3-6)14(19)20)13(18)9-4-11(16)10(15)5-12(9)17/h4-8,13,18H,2-3H2,1H3,(H,19,20). The van der Waals surface area contributed by atoms with E-state index in [1.54, 1.807) is 0 Å². The normalized spacial score (nSPS) is 27.6. The van der Waals surface area contributed by atoms with Crippen LogP contribution in [-0.2, 0) is 4.79 Å². The van der Waals surface area contributed by atoms with Crippen molar-refractivity contribution in [3.8, 4) is 0 Å². The van der Waals surface area contributed by atoms with E-state index >= 15 is 0 Å². The van der Waals surface area contributed by atoms with Gasteiger partial charge in [-0.1, -0.05) is 18.5 Å². The van der Waals surface area contributed by atoms with Gasteiger partial charge in [0.15, 0.2) is 0 Å². The van der Waals surface area contributed by atoms with Gasteiger partial charge < -0.3 is 10.2 Å². The van der Waals surface area contributed by atoms with Gasteiger partial charge in [-0.2, -0.15) is 0 Å². The van der Waals surface area contributed by atoms with Gasteiger partial charge in [0.2, 0.25) is 0 Å². The summed E-state index contributed by atoms with van der Waals surface area (Å²) in [7, 11) is 0. The maximum absolute atomic E-state index is 14.0. The SMILES string of the molecule is CC1CC(C(=O)O)C(C(O)c2cc(Cl)c(Br)cc2F)C1. The van der Waals surface area contributed by atoms with Crippen molar-refractivity contribution in [2.45, 2.75) is 25.9 Å². The zero-order valence-corrected chi connectivity index (χ0v) is 13.2. The molecular weight excluding hydrogens is 351 g/mol. The summed E-state index contributed by atoms with van der Waals surface area (Å²) in [5.41, 5.74) is 0.0588. The molecule has 1 fully saturated rings. The molecule has 0 bridgehead atoms. The number of rotatable bonds is 3. The monoisotopic (exact) mass is 364 g/mol. The summed E-state index contributed by atoms with van der Waals surface area (Å²) in [4.78, 5) is 11.3. The molecule has 0 amide bonds. The summed E-state index contributed by atoms with van der Waals surface area (Å²) in [6, 6.07) is 2.54. The third-order valence-corrected chi connectivity index (χ3v) is 5.13. The Labute approximate surface area is 129 Å². The van der Waals surface area contributed by atoms with Gasteiger partial charge in [-0.25, -0.2) is 4.39 Å². The fraction of sp³-hybridized carbons (Fsp3) is 0.500. The van der Waals surface area contributed by atoms with Gasteiger partial charge in [0.25, 0.3) is 0 Å². The molecule has 2 rings (SSSR count). The lowest BCUT2D eigenvalue weighted by molar-refractivity contribution is -0.144. The highest BCUT2D eigenvalue weighted by Gasteiger charge is 2.42. The van der Waals surface area contributed by atoms with Crippen LogP contribution < -0.4 is 0 Å². The number of hydrogen-bond acceptors (Lipinski definition) is 2. The van der Waals surface area contributed by atoms with Crippen molar-refractivity contribution >= 4 is 33.5 Å². The smallest absolute Gasteiger partial charge is 0.306 e. The van der Waals surface area contributed by atoms with Crippen molar-refractivity contribution in [3.63, 3.8) is 0 Å². The Balaban J connectivity index is 2.33. The third-order valence-electron chi connectivity index (χ3n) is 3.93. The topological polar surface area (TPSA) is 57.5 Å². The van der Waals surface area contributed by atoms with Crippen LogP contribution in [0.15, 0.2) is 16.6 Å². The lowest BCUT2D eigenvalue weighted by Crippen LogP contribution is -2.24. The predicted molar refractivity (Wildman–Crippen MR) is 77.1 cm³/mol. The number of carboxylic acid groups (broad SMARTS) is 1. The van der Waals surface area contributed by atoms with Crippen LogP contribution in [0.2, 0.25) is 5.02 Å². The second-order valence-corrected chi connectivity index (χ2v) is 6.68. The van der Waals surface area contributed by atoms with Gasteiger partial charge in [0.05, 0.1) is 17.0 Å². The van der Waals surface area contributed by atoms with Crippen LogP contribution in [0.5, 0.6) is 0 Å². The Hall–Kier alpha value is -0.650. The van der Waals surface area contributed by atoms with E-state index in [0.717, 1.165) is 0 Å². The Morgan fingerprint density at radius 1 is 1.50 bits per heavy atom. The van der Waals surface area contributed by atoms with E-state index < -0.39 is 29.7 Å². The molecule has 110 valence electrons. The van der Waals surface area contributed by atoms with Crippen molar-refractivity contribution < 1.29 is 19.4 Å². The molecule has 0 aromatic heterocycles. The number of aliphatic hydroxyl groups is 1. The van der Waals surface area contributed by atoms with Crippen LogP contribution in [0.4, 0.5) is 4.39 Å². The van der Waals surface area contributed by atoms with Crippen molar-refractivity contribution in [3.05, 3.63) is 33.0 Å². The zero-order valence-electron chi connectivity index (χ0n) is 10.8. The average molecular weight is 366 g/mol. The number of aliphatic hydroxyl groups excluding tert-OH is 1. The molecule has 0 aliphatic heterocycles. The van der Waals surface area contributed by atoms with E-state index in [-0.39, 0.29) is 11.5 Å². The summed E-state index contributed by atoms with van der Waals surface area (Å²) in [6.45, 7) is 1.94. The van der Waals surface area contributed by atoms with Crippen LogP contribution in [-0.4, -0.2) is 16.2 Å². The Kier molecular flexibility index (Phi) is 4.72. The molecule has 20 heavy (non-hydrogen) atoms. The second kappa shape index (κ2) is 6.00. The minimum absolute atomic E-state index is 0.0588. The van der Waals surface area contributed by atoms with Crippen LogP contribution in [0.1, 0.15) is 31.4 Å². The molecule has 0 spiro atoms. The highest BCUT2D eigenvalue weighted by atomic mass is 79.9. The summed E-state index contributed by atoms with van der Waals surface area (Å²) < 4.78 is 14.4. The molecule has 0 heterocycles. The number of halogens is 3. The Bertz CT molecular complexity index is 537. The summed E-state index contributed by atoms with van der Waals surface area (Å²) in [5.74, 6) is -2.47. The fourth-order valence-corrected chi connectivity index (χ4v) is 3.45. The van der Waals surface area contributed by atoms with E-state index in [0.29, 0.717) is 22.3 Å². The average Bonchev–Trinajstić information content (AvgIpc) is 2.75. The summed E-state index contributed by atoms with van der Waals surface area (Å²) >= 11 is 9.03.